The van der Waals surface area contributed by atoms with Crippen molar-refractivity contribution in [3.05, 3.63) is 29.6 Å². The number of aromatic nitrogens is 2. The SMILES string of the molecule is C1CC1.CC(C)(C)S(N)=O.CC1(C)CC(Cc2nc3cc(CN)ccc3n2SF)CCO1. The van der Waals surface area contributed by atoms with Gasteiger partial charge in [0.05, 0.1) is 32.4 Å². The van der Waals surface area contributed by atoms with Crippen LogP contribution in [-0.4, -0.2) is 30.1 Å². The van der Waals surface area contributed by atoms with E-state index in [1.807, 2.05) is 39.0 Å². The lowest BCUT2D eigenvalue weighted by atomic mass is 9.86. The summed E-state index contributed by atoms with van der Waals surface area (Å²) < 4.78 is 30.9. The maximum atomic E-state index is 13.4. The molecule has 1 aliphatic carbocycles. The second kappa shape index (κ2) is 11.9. The second-order valence-electron chi connectivity index (χ2n) is 10.1. The summed E-state index contributed by atoms with van der Waals surface area (Å²) in [6.45, 7) is 11.0. The van der Waals surface area contributed by atoms with Gasteiger partial charge in [0.15, 0.2) is 12.3 Å². The highest BCUT2D eigenvalue weighted by molar-refractivity contribution is 7.93. The van der Waals surface area contributed by atoms with Gasteiger partial charge < -0.3 is 10.5 Å². The van der Waals surface area contributed by atoms with Gasteiger partial charge in [-0.1, -0.05) is 25.3 Å². The second-order valence-corrected chi connectivity index (χ2v) is 12.4. The number of halogens is 1. The van der Waals surface area contributed by atoms with Gasteiger partial charge in [-0.3, -0.25) is 5.14 Å². The first kappa shape index (κ1) is 27.2. The minimum Gasteiger partial charge on any atom is -0.376 e. The Kier molecular flexibility index (Phi) is 10.2. The molecule has 1 saturated carbocycles. The van der Waals surface area contributed by atoms with Crippen LogP contribution in [0.5, 0.6) is 0 Å². The van der Waals surface area contributed by atoms with E-state index < -0.39 is 11.0 Å². The Balaban J connectivity index is 0.000000302. The number of hydrogen-bond donors (Lipinski definition) is 2. The average molecular weight is 487 g/mol. The summed E-state index contributed by atoms with van der Waals surface area (Å²) in [7, 11) is -1.18. The molecule has 1 aromatic heterocycles. The summed E-state index contributed by atoms with van der Waals surface area (Å²) in [5.41, 5.74) is 8.21. The molecule has 0 radical (unpaired) electrons. The topological polar surface area (TPSA) is 96.2 Å². The van der Waals surface area contributed by atoms with E-state index in [1.54, 1.807) is 3.97 Å². The van der Waals surface area contributed by atoms with Gasteiger partial charge in [-0.15, -0.1) is 3.89 Å². The highest BCUT2D eigenvalue weighted by Crippen LogP contribution is 2.32. The van der Waals surface area contributed by atoms with E-state index in [-0.39, 0.29) is 22.7 Å². The lowest BCUT2D eigenvalue weighted by Gasteiger charge is -2.35. The molecule has 2 heterocycles. The van der Waals surface area contributed by atoms with Crippen LogP contribution in [0.4, 0.5) is 3.89 Å². The summed E-state index contributed by atoms with van der Waals surface area (Å²) >= 11 is 0.225. The van der Waals surface area contributed by atoms with Gasteiger partial charge in [-0.05, 0) is 71.1 Å². The number of hydrogen-bond acceptors (Lipinski definition) is 5. The van der Waals surface area contributed by atoms with Crippen LogP contribution in [0.1, 0.15) is 78.1 Å². The van der Waals surface area contributed by atoms with Crippen molar-refractivity contribution in [1.29, 1.82) is 0 Å². The summed E-state index contributed by atoms with van der Waals surface area (Å²) in [5, 5.41) is 5.04. The van der Waals surface area contributed by atoms with Crippen LogP contribution in [0, 0.1) is 5.92 Å². The molecule has 2 unspecified atom stereocenters. The molecule has 182 valence electrons. The molecular formula is C23H39FN4O2S2. The Morgan fingerprint density at radius 1 is 1.31 bits per heavy atom. The van der Waals surface area contributed by atoms with E-state index in [0.717, 1.165) is 48.3 Å². The fourth-order valence-electron chi connectivity index (χ4n) is 3.28. The summed E-state index contributed by atoms with van der Waals surface area (Å²) in [5.74, 6) is 1.26. The van der Waals surface area contributed by atoms with Crippen molar-refractivity contribution in [1.82, 2.24) is 8.96 Å². The Hall–Kier alpha value is -1.00. The van der Waals surface area contributed by atoms with Crippen LogP contribution in [0.15, 0.2) is 18.2 Å². The molecule has 0 bridgehead atoms. The van der Waals surface area contributed by atoms with E-state index in [1.165, 1.54) is 19.3 Å². The highest BCUT2D eigenvalue weighted by Gasteiger charge is 2.30. The van der Waals surface area contributed by atoms with Crippen molar-refractivity contribution in [3.63, 3.8) is 0 Å². The zero-order chi connectivity index (χ0) is 23.9. The fourth-order valence-corrected chi connectivity index (χ4v) is 3.70. The smallest absolute Gasteiger partial charge is 0.171 e. The van der Waals surface area contributed by atoms with E-state index in [4.69, 9.17) is 15.6 Å². The van der Waals surface area contributed by atoms with Crippen molar-refractivity contribution in [2.45, 2.75) is 90.0 Å². The van der Waals surface area contributed by atoms with Crippen LogP contribution in [-0.2, 0) is 28.7 Å². The first-order valence-electron chi connectivity index (χ1n) is 11.3. The third-order valence-corrected chi connectivity index (χ3v) is 7.03. The quantitative estimate of drug-likeness (QED) is 0.619. The minimum absolute atomic E-state index is 0.102. The molecule has 1 aliphatic heterocycles. The molecule has 1 saturated heterocycles. The zero-order valence-corrected chi connectivity index (χ0v) is 21.7. The van der Waals surface area contributed by atoms with E-state index in [9.17, 15) is 8.09 Å². The molecule has 4 rings (SSSR count). The molecule has 4 N–H and O–H groups in total. The molecule has 2 atom stereocenters. The maximum absolute atomic E-state index is 13.4. The number of imidazole rings is 1. The number of ether oxygens (including phenoxy) is 1. The van der Waals surface area contributed by atoms with Gasteiger partial charge in [0.2, 0.25) is 0 Å². The van der Waals surface area contributed by atoms with Crippen LogP contribution in [0.25, 0.3) is 11.0 Å². The van der Waals surface area contributed by atoms with Crippen LogP contribution in [0.3, 0.4) is 0 Å². The molecule has 6 nitrogen and oxygen atoms in total. The highest BCUT2D eigenvalue weighted by atomic mass is 32.2. The van der Waals surface area contributed by atoms with Crippen LogP contribution in [0.2, 0.25) is 0 Å². The summed E-state index contributed by atoms with van der Waals surface area (Å²) in [4.78, 5) is 4.64. The monoisotopic (exact) mass is 486 g/mol. The van der Waals surface area contributed by atoms with E-state index in [2.05, 4.69) is 18.8 Å². The summed E-state index contributed by atoms with van der Waals surface area (Å²) in [6, 6.07) is 5.77. The standard InChI is InChI=1S/C16H22FN3OS.C4H11NOS.C3H6/c1-16(2)9-11(5-6-21-16)8-15-19-13-7-12(10-18)3-4-14(13)20(15)22-17;1-4(2,3)7(5)6;1-2-3-1/h3-4,7,11H,5-6,8-10,18H2,1-2H3;5H2,1-3H3;1-3H2. The Morgan fingerprint density at radius 3 is 2.41 bits per heavy atom. The van der Waals surface area contributed by atoms with Crippen molar-refractivity contribution in [2.75, 3.05) is 6.61 Å². The van der Waals surface area contributed by atoms with Gasteiger partial charge in [-0.2, -0.15) is 0 Å². The lowest BCUT2D eigenvalue weighted by molar-refractivity contribution is -0.0723. The number of rotatable bonds is 4. The molecule has 2 aromatic rings. The molecule has 9 heteroatoms. The van der Waals surface area contributed by atoms with Gasteiger partial charge in [-0.25, -0.2) is 13.2 Å². The lowest BCUT2D eigenvalue weighted by Crippen LogP contribution is -2.34. The number of fused-ring (bicyclic) bond motifs is 1. The molecule has 2 fully saturated rings. The Labute approximate surface area is 199 Å². The average Bonchev–Trinajstić information content (AvgIpc) is 3.54. The van der Waals surface area contributed by atoms with Crippen molar-refractivity contribution in [3.8, 4) is 0 Å². The molecule has 0 spiro atoms. The van der Waals surface area contributed by atoms with Crippen LogP contribution >= 0.6 is 12.3 Å². The first-order chi connectivity index (χ1) is 15.0. The van der Waals surface area contributed by atoms with Gasteiger partial charge >= 0.3 is 0 Å². The zero-order valence-electron chi connectivity index (χ0n) is 20.0. The largest absolute Gasteiger partial charge is 0.376 e. The predicted octanol–water partition coefficient (Wildman–Crippen LogP) is 5.20. The van der Waals surface area contributed by atoms with E-state index in [0.29, 0.717) is 12.5 Å². The van der Waals surface area contributed by atoms with Gasteiger partial charge in [0.25, 0.3) is 0 Å². The van der Waals surface area contributed by atoms with Crippen molar-refractivity contribution in [2.24, 2.45) is 16.8 Å². The predicted molar refractivity (Wildman–Crippen MR) is 134 cm³/mol. The van der Waals surface area contributed by atoms with Crippen molar-refractivity contribution < 1.29 is 12.8 Å². The van der Waals surface area contributed by atoms with Gasteiger partial charge in [0, 0.05) is 19.6 Å². The molecular weight excluding hydrogens is 447 g/mol. The minimum atomic E-state index is -1.18. The molecule has 2 aliphatic rings. The van der Waals surface area contributed by atoms with Gasteiger partial charge in [0.1, 0.15) is 5.82 Å². The third-order valence-electron chi connectivity index (χ3n) is 5.27. The third kappa shape index (κ3) is 8.74. The summed E-state index contributed by atoms with van der Waals surface area (Å²) in [6.07, 6.45) is 7.25. The normalized spacial score (nSPS) is 20.6. The maximum Gasteiger partial charge on any atom is 0.171 e. The molecule has 1 aromatic carbocycles. The fraction of sp³-hybridized carbons (Fsp3) is 0.696. The Bertz CT molecular complexity index is 891. The number of nitrogens with two attached hydrogens (primary N) is 2. The molecule has 32 heavy (non-hydrogen) atoms. The van der Waals surface area contributed by atoms with Crippen molar-refractivity contribution >= 4 is 34.4 Å². The Morgan fingerprint density at radius 2 is 1.94 bits per heavy atom. The van der Waals surface area contributed by atoms with E-state index >= 15 is 0 Å². The number of benzene rings is 1. The first-order valence-corrected chi connectivity index (χ1v) is 13.1. The molecule has 0 amide bonds. The number of nitrogens with zero attached hydrogens (tertiary/aromatic N) is 2. The van der Waals surface area contributed by atoms with Crippen LogP contribution < -0.4 is 10.9 Å².